The molecule has 0 saturated carbocycles. The molecule has 1 atom stereocenters. The number of nitrogens with one attached hydrogen (secondary N) is 1. The van der Waals surface area contributed by atoms with E-state index in [0.29, 0.717) is 23.6 Å². The fraction of sp³-hybridized carbons (Fsp3) is 0.474. The molecule has 6 heterocycles. The number of anilines is 1. The Bertz CT molecular complexity index is 846. The Balaban J connectivity index is 1.25. The highest BCUT2D eigenvalue weighted by molar-refractivity contribution is 5.89. The average molecular weight is 366 g/mol. The highest BCUT2D eigenvalue weighted by Gasteiger charge is 2.51. The zero-order chi connectivity index (χ0) is 18.3. The number of pyridine rings is 1. The molecule has 4 aliphatic rings. The molecule has 1 spiro atoms. The third-order valence-corrected chi connectivity index (χ3v) is 5.74. The van der Waals surface area contributed by atoms with Crippen LogP contribution in [0.15, 0.2) is 35.7 Å². The van der Waals surface area contributed by atoms with Gasteiger partial charge >= 0.3 is 0 Å². The van der Waals surface area contributed by atoms with Gasteiger partial charge in [-0.25, -0.2) is 15.0 Å². The number of hydrogen-bond donors (Lipinski definition) is 1. The third kappa shape index (κ3) is 2.99. The molecular weight excluding hydrogens is 344 g/mol. The van der Waals surface area contributed by atoms with Gasteiger partial charge in [-0.15, -0.1) is 0 Å². The maximum absolute atomic E-state index is 6.27. The van der Waals surface area contributed by atoms with Crippen LogP contribution in [0.4, 0.5) is 5.82 Å². The van der Waals surface area contributed by atoms with E-state index in [2.05, 4.69) is 30.2 Å². The van der Waals surface area contributed by atoms with E-state index in [1.807, 2.05) is 6.07 Å². The summed E-state index contributed by atoms with van der Waals surface area (Å²) in [6, 6.07) is 4.26. The molecule has 2 bridgehead atoms. The zero-order valence-corrected chi connectivity index (χ0v) is 15.3. The highest BCUT2D eigenvalue weighted by Crippen LogP contribution is 2.40. The Morgan fingerprint density at radius 1 is 1.15 bits per heavy atom. The number of aromatic nitrogens is 3. The molecule has 2 aromatic rings. The molecule has 4 aliphatic heterocycles. The molecule has 3 fully saturated rings. The molecule has 0 amide bonds. The van der Waals surface area contributed by atoms with Crippen LogP contribution in [-0.4, -0.2) is 64.8 Å². The van der Waals surface area contributed by atoms with Crippen molar-refractivity contribution in [3.8, 4) is 17.1 Å². The second-order valence-electron chi connectivity index (χ2n) is 7.34. The molecule has 0 aromatic carbocycles. The Kier molecular flexibility index (Phi) is 3.93. The minimum Gasteiger partial charge on any atom is -0.481 e. The van der Waals surface area contributed by atoms with E-state index in [1.54, 1.807) is 31.8 Å². The predicted molar refractivity (Wildman–Crippen MR) is 101 cm³/mol. The topological polar surface area (TPSA) is 84.8 Å². The average Bonchev–Trinajstić information content (AvgIpc) is 3.11. The summed E-state index contributed by atoms with van der Waals surface area (Å²) in [5, 5.41) is 3.17. The highest BCUT2D eigenvalue weighted by atomic mass is 16.5. The minimum absolute atomic E-state index is 0.152. The summed E-state index contributed by atoms with van der Waals surface area (Å²) in [5.74, 6) is 1.79. The minimum atomic E-state index is -0.152. The van der Waals surface area contributed by atoms with Crippen LogP contribution in [0.5, 0.6) is 5.88 Å². The van der Waals surface area contributed by atoms with Gasteiger partial charge in [0, 0.05) is 30.3 Å². The lowest BCUT2D eigenvalue weighted by Crippen LogP contribution is -2.61. The Morgan fingerprint density at radius 2 is 2.04 bits per heavy atom. The van der Waals surface area contributed by atoms with Gasteiger partial charge in [-0.05, 0) is 32.0 Å². The molecule has 1 N–H and O–H groups in total. The number of methoxy groups -OCH3 is 1. The second kappa shape index (κ2) is 6.45. The van der Waals surface area contributed by atoms with Crippen molar-refractivity contribution >= 4 is 11.8 Å². The summed E-state index contributed by atoms with van der Waals surface area (Å²) in [4.78, 5) is 20.2. The van der Waals surface area contributed by atoms with Crippen LogP contribution < -0.4 is 10.1 Å². The van der Waals surface area contributed by atoms with E-state index in [9.17, 15) is 0 Å². The molecular formula is C19H22N6O2. The molecule has 140 valence electrons. The molecule has 6 rings (SSSR count). The van der Waals surface area contributed by atoms with Crippen molar-refractivity contribution in [2.75, 3.05) is 38.6 Å². The Hall–Kier alpha value is -2.74. The number of ether oxygens (including phenoxy) is 2. The van der Waals surface area contributed by atoms with E-state index in [-0.39, 0.29) is 5.60 Å². The second-order valence-corrected chi connectivity index (χ2v) is 7.34. The summed E-state index contributed by atoms with van der Waals surface area (Å²) in [7, 11) is 1.59. The first-order chi connectivity index (χ1) is 13.2. The quantitative estimate of drug-likeness (QED) is 0.887. The lowest BCUT2D eigenvalue weighted by molar-refractivity contribution is -0.0829. The summed E-state index contributed by atoms with van der Waals surface area (Å²) in [6.07, 6.45) is 7.52. The fourth-order valence-corrected chi connectivity index (χ4v) is 4.25. The summed E-state index contributed by atoms with van der Waals surface area (Å²) < 4.78 is 11.4. The zero-order valence-electron chi connectivity index (χ0n) is 15.3. The number of fused-ring (bicyclic) bond motifs is 2. The number of aliphatic imine (C=N–C) groups is 1. The monoisotopic (exact) mass is 366 g/mol. The van der Waals surface area contributed by atoms with Gasteiger partial charge < -0.3 is 9.47 Å². The van der Waals surface area contributed by atoms with Gasteiger partial charge in [0.15, 0.2) is 5.82 Å². The molecule has 0 aliphatic carbocycles. The van der Waals surface area contributed by atoms with Gasteiger partial charge in [-0.1, -0.05) is 0 Å². The van der Waals surface area contributed by atoms with Crippen LogP contribution in [0, 0.1) is 5.92 Å². The lowest BCUT2D eigenvalue weighted by atomic mass is 9.75. The third-order valence-electron chi connectivity index (χ3n) is 5.74. The van der Waals surface area contributed by atoms with Gasteiger partial charge in [0.1, 0.15) is 5.60 Å². The normalized spacial score (nSPS) is 28.7. The maximum atomic E-state index is 6.27. The van der Waals surface area contributed by atoms with Crippen molar-refractivity contribution in [1.29, 1.82) is 0 Å². The number of rotatable bonds is 3. The maximum Gasteiger partial charge on any atom is 0.291 e. The predicted octanol–water partition coefficient (Wildman–Crippen LogP) is 1.81. The van der Waals surface area contributed by atoms with E-state index in [4.69, 9.17) is 9.47 Å². The van der Waals surface area contributed by atoms with E-state index < -0.39 is 0 Å². The van der Waals surface area contributed by atoms with Gasteiger partial charge in [0.2, 0.25) is 5.88 Å². The van der Waals surface area contributed by atoms with Crippen LogP contribution in [0.2, 0.25) is 0 Å². The smallest absolute Gasteiger partial charge is 0.291 e. The van der Waals surface area contributed by atoms with Crippen LogP contribution in [0.25, 0.3) is 11.3 Å². The number of amidine groups is 1. The summed E-state index contributed by atoms with van der Waals surface area (Å²) in [5.41, 5.74) is 1.48. The van der Waals surface area contributed by atoms with E-state index in [1.165, 1.54) is 25.9 Å². The number of nitrogens with zero attached hydrogens (tertiary/aromatic N) is 5. The SMILES string of the molecule is COc1ccc(-c2cnc(NC3=NCC4(CN5CCC4CC5)O3)cn2)cn1. The van der Waals surface area contributed by atoms with Gasteiger partial charge in [0.05, 0.1) is 31.7 Å². The van der Waals surface area contributed by atoms with Crippen LogP contribution >= 0.6 is 0 Å². The number of hydrogen-bond acceptors (Lipinski definition) is 8. The van der Waals surface area contributed by atoms with Gasteiger partial charge in [0.25, 0.3) is 6.02 Å². The van der Waals surface area contributed by atoms with Crippen molar-refractivity contribution in [1.82, 2.24) is 19.9 Å². The van der Waals surface area contributed by atoms with Gasteiger partial charge in [-0.3, -0.25) is 15.2 Å². The molecule has 1 unspecified atom stereocenters. The first-order valence-corrected chi connectivity index (χ1v) is 9.29. The van der Waals surface area contributed by atoms with Crippen LogP contribution in [-0.2, 0) is 4.74 Å². The van der Waals surface area contributed by atoms with Crippen molar-refractivity contribution in [3.63, 3.8) is 0 Å². The van der Waals surface area contributed by atoms with Crippen LogP contribution in [0.1, 0.15) is 12.8 Å². The largest absolute Gasteiger partial charge is 0.481 e. The van der Waals surface area contributed by atoms with Gasteiger partial charge in [-0.2, -0.15) is 0 Å². The van der Waals surface area contributed by atoms with Crippen molar-refractivity contribution in [2.45, 2.75) is 18.4 Å². The molecule has 27 heavy (non-hydrogen) atoms. The molecule has 3 saturated heterocycles. The molecule has 2 aromatic heterocycles. The van der Waals surface area contributed by atoms with Crippen molar-refractivity contribution < 1.29 is 9.47 Å². The van der Waals surface area contributed by atoms with Crippen molar-refractivity contribution in [3.05, 3.63) is 30.7 Å². The number of piperidine rings is 3. The summed E-state index contributed by atoms with van der Waals surface area (Å²) in [6.45, 7) is 4.07. The standard InChI is InChI=1S/C19H22N6O2/c1-26-17-3-2-13(8-22-17)15-9-21-16(10-20-15)24-18-23-11-19(27-18)12-25-6-4-14(19)5-7-25/h2-3,8-10,14H,4-7,11-12H2,1H3,(H,21,23,24). The fourth-order valence-electron chi connectivity index (χ4n) is 4.25. The Labute approximate surface area is 157 Å². The Morgan fingerprint density at radius 3 is 2.67 bits per heavy atom. The van der Waals surface area contributed by atoms with Crippen molar-refractivity contribution in [2.24, 2.45) is 10.9 Å². The lowest BCUT2D eigenvalue weighted by Gasteiger charge is -2.50. The van der Waals surface area contributed by atoms with E-state index >= 15 is 0 Å². The first-order valence-electron chi connectivity index (χ1n) is 9.29. The molecule has 0 radical (unpaired) electrons. The van der Waals surface area contributed by atoms with Crippen LogP contribution in [0.3, 0.4) is 0 Å². The molecule has 8 heteroatoms. The molecule has 8 nitrogen and oxygen atoms in total. The first kappa shape index (κ1) is 16.4. The summed E-state index contributed by atoms with van der Waals surface area (Å²) >= 11 is 0. The van der Waals surface area contributed by atoms with E-state index in [0.717, 1.165) is 24.3 Å².